The van der Waals surface area contributed by atoms with Crippen molar-refractivity contribution in [2.75, 3.05) is 5.75 Å². The number of benzene rings is 1. The van der Waals surface area contributed by atoms with Crippen molar-refractivity contribution in [3.63, 3.8) is 0 Å². The monoisotopic (exact) mass is 454 g/mol. The Balaban J connectivity index is 1.62. The van der Waals surface area contributed by atoms with E-state index in [-0.39, 0.29) is 23.2 Å². The minimum absolute atomic E-state index is 0.0837. The lowest BCUT2D eigenvalue weighted by molar-refractivity contribution is -0.116. The summed E-state index contributed by atoms with van der Waals surface area (Å²) in [5.74, 6) is 0.154. The number of aliphatic hydroxyl groups is 1. The molecule has 1 aromatic carbocycles. The average Bonchev–Trinajstić information content (AvgIpc) is 3.21. The van der Waals surface area contributed by atoms with Gasteiger partial charge >= 0.3 is 0 Å². The Kier molecular flexibility index (Phi) is 5.81. The third-order valence-corrected chi connectivity index (χ3v) is 8.43. The Morgan fingerprint density at radius 1 is 1.34 bits per heavy atom. The van der Waals surface area contributed by atoms with Crippen LogP contribution in [0.2, 0.25) is 0 Å². The number of carbonyl (C=O) groups is 1. The molecule has 6 nitrogen and oxygen atoms in total. The van der Waals surface area contributed by atoms with E-state index in [1.165, 1.54) is 12.3 Å². The fourth-order valence-corrected chi connectivity index (χ4v) is 6.02. The van der Waals surface area contributed by atoms with Crippen LogP contribution < -0.4 is 0 Å². The van der Waals surface area contributed by atoms with Crippen LogP contribution in [-0.4, -0.2) is 20.9 Å². The number of nitrogens with zero attached hydrogens (tertiary/aromatic N) is 1. The highest BCUT2D eigenvalue weighted by Gasteiger charge is 2.33. The Hall–Kier alpha value is -2.43. The van der Waals surface area contributed by atoms with Gasteiger partial charge in [0.2, 0.25) is 0 Å². The molecule has 2 atom stereocenters. The molecule has 32 heavy (non-hydrogen) atoms. The summed E-state index contributed by atoms with van der Waals surface area (Å²) in [7, 11) is -3.46. The van der Waals surface area contributed by atoms with E-state index in [9.17, 15) is 19.4 Å². The van der Waals surface area contributed by atoms with E-state index in [0.717, 1.165) is 59.9 Å². The third kappa shape index (κ3) is 4.39. The molecule has 1 saturated carbocycles. The first kappa shape index (κ1) is 22.8. The minimum Gasteiger partial charge on any atom is -0.454 e. The van der Waals surface area contributed by atoms with E-state index >= 15 is 0 Å². The lowest BCUT2D eigenvalue weighted by Gasteiger charge is -2.21. The first-order valence-electron chi connectivity index (χ1n) is 11.2. The number of nitriles is 1. The van der Waals surface area contributed by atoms with Crippen LogP contribution in [0.1, 0.15) is 79.3 Å². The van der Waals surface area contributed by atoms with Crippen molar-refractivity contribution in [1.29, 1.82) is 10.0 Å². The molecule has 2 N–H and O–H groups in total. The van der Waals surface area contributed by atoms with Crippen molar-refractivity contribution < 1.29 is 18.5 Å². The van der Waals surface area contributed by atoms with Crippen LogP contribution in [0.4, 0.5) is 0 Å². The zero-order chi connectivity index (χ0) is 23.3. The Bertz CT molecular complexity index is 1210. The molecule has 2 unspecified atom stereocenters. The number of fused-ring (bicyclic) bond motifs is 1. The van der Waals surface area contributed by atoms with Gasteiger partial charge in [-0.25, -0.2) is 8.99 Å². The molecule has 2 aliphatic rings. The quantitative estimate of drug-likeness (QED) is 0.605. The van der Waals surface area contributed by atoms with Gasteiger partial charge in [-0.2, -0.15) is 5.26 Å². The van der Waals surface area contributed by atoms with E-state index in [2.05, 4.69) is 13.0 Å². The molecular weight excluding hydrogens is 424 g/mol. The highest BCUT2D eigenvalue weighted by atomic mass is 32.2. The fourth-order valence-electron chi connectivity index (χ4n) is 4.80. The number of carbonyl (C=O) groups excluding carboxylic acids is 1. The first-order chi connectivity index (χ1) is 15.0. The van der Waals surface area contributed by atoms with Gasteiger partial charge in [0.15, 0.2) is 10.9 Å². The van der Waals surface area contributed by atoms with E-state index in [0.29, 0.717) is 11.5 Å². The number of furan rings is 1. The molecule has 2 aromatic rings. The number of Topliss-reactive ketones (excluding diaryl/α,β-unsaturated/α-hetero) is 1. The Labute approximate surface area is 189 Å². The van der Waals surface area contributed by atoms with Gasteiger partial charge in [0.05, 0.1) is 29.2 Å². The van der Waals surface area contributed by atoms with Crippen LogP contribution in [0.3, 0.4) is 0 Å². The number of nitrogens with one attached hydrogen (secondary N) is 1. The van der Waals surface area contributed by atoms with Crippen LogP contribution >= 0.6 is 0 Å². The first-order valence-corrected chi connectivity index (χ1v) is 12.9. The van der Waals surface area contributed by atoms with Crippen molar-refractivity contribution in [3.05, 3.63) is 51.8 Å². The zero-order valence-corrected chi connectivity index (χ0v) is 19.7. The van der Waals surface area contributed by atoms with Crippen molar-refractivity contribution in [2.45, 2.75) is 75.9 Å². The lowest BCUT2D eigenvalue weighted by Crippen LogP contribution is -2.19. The van der Waals surface area contributed by atoms with E-state index in [1.807, 2.05) is 6.07 Å². The maximum atomic E-state index is 13.1. The van der Waals surface area contributed by atoms with Crippen LogP contribution in [0.5, 0.6) is 0 Å². The summed E-state index contributed by atoms with van der Waals surface area (Å²) < 4.78 is 26.6. The average molecular weight is 455 g/mol. The van der Waals surface area contributed by atoms with E-state index in [1.54, 1.807) is 13.8 Å². The van der Waals surface area contributed by atoms with Crippen LogP contribution in [-0.2, 0) is 39.4 Å². The molecule has 1 aromatic heterocycles. The van der Waals surface area contributed by atoms with Gasteiger partial charge in [-0.3, -0.25) is 4.79 Å². The summed E-state index contributed by atoms with van der Waals surface area (Å²) in [5.41, 5.74) is 4.16. The third-order valence-electron chi connectivity index (χ3n) is 6.84. The second-order valence-electron chi connectivity index (χ2n) is 9.79. The predicted octanol–water partition coefficient (Wildman–Crippen LogP) is 4.60. The molecule has 4 rings (SSSR count). The van der Waals surface area contributed by atoms with Crippen LogP contribution in [0.25, 0.3) is 0 Å². The van der Waals surface area contributed by atoms with Gasteiger partial charge in [-0.1, -0.05) is 6.92 Å². The van der Waals surface area contributed by atoms with Crippen molar-refractivity contribution in [3.8, 4) is 6.07 Å². The van der Waals surface area contributed by atoms with Crippen LogP contribution in [0.15, 0.2) is 27.9 Å². The molecule has 170 valence electrons. The molecule has 0 saturated heterocycles. The maximum Gasteiger partial charge on any atom is 0.199 e. The number of rotatable bonds is 8. The van der Waals surface area contributed by atoms with Gasteiger partial charge in [0.25, 0.3) is 0 Å². The molecular formula is C25H30N2O4S. The molecule has 0 radical (unpaired) electrons. The minimum atomic E-state index is -3.46. The Morgan fingerprint density at radius 3 is 2.62 bits per heavy atom. The van der Waals surface area contributed by atoms with Gasteiger partial charge < -0.3 is 9.52 Å². The molecule has 0 amide bonds. The predicted molar refractivity (Wildman–Crippen MR) is 121 cm³/mol. The van der Waals surface area contributed by atoms with E-state index < -0.39 is 21.1 Å². The summed E-state index contributed by atoms with van der Waals surface area (Å²) in [4.78, 5) is 13.1. The number of ketones is 1. The molecule has 0 aliphatic heterocycles. The summed E-state index contributed by atoms with van der Waals surface area (Å²) in [6, 6.07) is 5.72. The van der Waals surface area contributed by atoms with Gasteiger partial charge in [-0.15, -0.1) is 0 Å². The topological polar surface area (TPSA) is 115 Å². The summed E-state index contributed by atoms with van der Waals surface area (Å²) in [5, 5.41) is 19.7. The van der Waals surface area contributed by atoms with Crippen molar-refractivity contribution in [1.82, 2.24) is 0 Å². The zero-order valence-electron chi connectivity index (χ0n) is 18.9. The molecule has 2 aliphatic carbocycles. The smallest absolute Gasteiger partial charge is 0.199 e. The molecule has 7 heteroatoms. The highest BCUT2D eigenvalue weighted by molar-refractivity contribution is 7.93. The maximum absolute atomic E-state index is 13.1. The van der Waals surface area contributed by atoms with Gasteiger partial charge in [-0.05, 0) is 86.1 Å². The largest absolute Gasteiger partial charge is 0.454 e. The SMILES string of the molecule is CC(c1cc(C#N)c2c(c1CC(=O)CS(=N)(=O)c1cc(C(C)(C)O)co1)CCC2)C1CC1. The summed E-state index contributed by atoms with van der Waals surface area (Å²) in [6.45, 7) is 5.32. The van der Waals surface area contributed by atoms with Crippen molar-refractivity contribution >= 4 is 15.5 Å². The summed E-state index contributed by atoms with van der Waals surface area (Å²) >= 11 is 0. The second-order valence-corrected chi connectivity index (χ2v) is 11.8. The summed E-state index contributed by atoms with van der Waals surface area (Å²) in [6.07, 6.45) is 6.40. The van der Waals surface area contributed by atoms with Crippen LogP contribution in [0, 0.1) is 22.0 Å². The molecule has 1 heterocycles. The molecule has 1 fully saturated rings. The highest BCUT2D eigenvalue weighted by Crippen LogP contribution is 2.45. The Morgan fingerprint density at radius 2 is 2.03 bits per heavy atom. The fraction of sp³-hybridized carbons (Fsp3) is 0.520. The standard InChI is InChI=1S/C25H30N2O4S/c1-15(16-7-8-16)22-9-17(12-26)20-5-4-6-21(20)23(22)11-19(28)14-32(27,30)24-10-18(13-31-24)25(2,3)29/h9-10,13,15-16,27,29H,4-8,11,14H2,1-3H3. The molecule has 0 spiro atoms. The second kappa shape index (κ2) is 8.17. The lowest BCUT2D eigenvalue weighted by atomic mass is 9.84. The number of hydrogen-bond donors (Lipinski definition) is 2. The molecule has 0 bridgehead atoms. The van der Waals surface area contributed by atoms with Gasteiger partial charge in [0, 0.05) is 18.1 Å². The number of hydrogen-bond acceptors (Lipinski definition) is 6. The normalized spacial score (nSPS) is 18.6. The van der Waals surface area contributed by atoms with Gasteiger partial charge in [0.1, 0.15) is 9.73 Å². The van der Waals surface area contributed by atoms with Crippen molar-refractivity contribution in [2.24, 2.45) is 5.92 Å². The van der Waals surface area contributed by atoms with E-state index in [4.69, 9.17) is 9.20 Å².